The molecule has 1 amide bonds. The second-order valence-corrected chi connectivity index (χ2v) is 5.50. The van der Waals surface area contributed by atoms with E-state index >= 15 is 0 Å². The first-order chi connectivity index (χ1) is 9.13. The number of likely N-dealkylation sites (tertiary alicyclic amines) is 1. The molecule has 0 spiro atoms. The fraction of sp³-hybridized carbons (Fsp3) is 0.533. The second-order valence-electron chi connectivity index (χ2n) is 5.09. The third-order valence-electron chi connectivity index (χ3n) is 3.74. The lowest BCUT2D eigenvalue weighted by molar-refractivity contribution is -0.121. The molecule has 1 aliphatic heterocycles. The van der Waals surface area contributed by atoms with Gasteiger partial charge >= 0.3 is 0 Å². The van der Waals surface area contributed by atoms with E-state index < -0.39 is 0 Å². The molecule has 1 N–H and O–H groups in total. The summed E-state index contributed by atoms with van der Waals surface area (Å²) < 4.78 is 0. The van der Waals surface area contributed by atoms with Gasteiger partial charge in [0.15, 0.2) is 0 Å². The first-order valence-corrected chi connectivity index (χ1v) is 7.31. The molecule has 1 saturated heterocycles. The van der Waals surface area contributed by atoms with Crippen LogP contribution in [0.15, 0.2) is 18.2 Å². The Morgan fingerprint density at radius 3 is 2.60 bits per heavy atom. The van der Waals surface area contributed by atoms with Gasteiger partial charge in [0.1, 0.15) is 0 Å². The van der Waals surface area contributed by atoms with Crippen molar-refractivity contribution in [2.75, 3.05) is 18.4 Å². The van der Waals surface area contributed by atoms with Crippen LogP contribution in [-0.4, -0.2) is 29.9 Å². The highest BCUT2D eigenvalue weighted by atomic mass is 35.5. The first kappa shape index (κ1) is 17.3. The van der Waals surface area contributed by atoms with Gasteiger partial charge in [-0.05, 0) is 50.9 Å². The van der Waals surface area contributed by atoms with E-state index in [9.17, 15) is 4.79 Å². The summed E-state index contributed by atoms with van der Waals surface area (Å²) in [5, 5.41) is 3.60. The van der Waals surface area contributed by atoms with Crippen LogP contribution in [-0.2, 0) is 4.79 Å². The number of hydrogen-bond acceptors (Lipinski definition) is 2. The summed E-state index contributed by atoms with van der Waals surface area (Å²) in [5.41, 5.74) is 1.74. The van der Waals surface area contributed by atoms with Crippen molar-refractivity contribution in [2.24, 2.45) is 0 Å². The van der Waals surface area contributed by atoms with E-state index in [1.54, 1.807) is 6.07 Å². The maximum Gasteiger partial charge on any atom is 0.241 e. The lowest BCUT2D eigenvalue weighted by atomic mass is 10.1. The Labute approximate surface area is 132 Å². The molecular weight excluding hydrogens is 295 g/mol. The molecule has 0 bridgehead atoms. The van der Waals surface area contributed by atoms with E-state index in [0.717, 1.165) is 30.8 Å². The molecule has 5 heteroatoms. The number of rotatable bonds is 4. The van der Waals surface area contributed by atoms with Gasteiger partial charge in [-0.25, -0.2) is 0 Å². The summed E-state index contributed by atoms with van der Waals surface area (Å²) in [6.45, 7) is 6.06. The molecule has 1 unspecified atom stereocenters. The minimum absolute atomic E-state index is 0. The van der Waals surface area contributed by atoms with E-state index in [0.29, 0.717) is 5.02 Å². The summed E-state index contributed by atoms with van der Waals surface area (Å²) >= 11 is 6.15. The topological polar surface area (TPSA) is 32.3 Å². The zero-order chi connectivity index (χ0) is 13.8. The van der Waals surface area contributed by atoms with Crippen LogP contribution >= 0.6 is 24.0 Å². The Bertz CT molecular complexity index is 439. The van der Waals surface area contributed by atoms with E-state index in [1.807, 2.05) is 19.1 Å². The van der Waals surface area contributed by atoms with Crippen molar-refractivity contribution in [2.45, 2.75) is 39.2 Å². The van der Waals surface area contributed by atoms with Gasteiger partial charge in [0, 0.05) is 0 Å². The van der Waals surface area contributed by atoms with Gasteiger partial charge in [-0.2, -0.15) is 0 Å². The van der Waals surface area contributed by atoms with Gasteiger partial charge in [0.25, 0.3) is 0 Å². The monoisotopic (exact) mass is 316 g/mol. The molecule has 1 aliphatic rings. The number of carbonyl (C=O) groups is 1. The highest BCUT2D eigenvalue weighted by Gasteiger charge is 2.27. The number of para-hydroxylation sites is 1. The van der Waals surface area contributed by atoms with Gasteiger partial charge < -0.3 is 5.32 Å². The minimum Gasteiger partial charge on any atom is -0.323 e. The Hall–Kier alpha value is -0.770. The van der Waals surface area contributed by atoms with Crippen LogP contribution in [0.25, 0.3) is 0 Å². The van der Waals surface area contributed by atoms with Crippen molar-refractivity contribution in [1.82, 2.24) is 4.90 Å². The minimum atomic E-state index is -0.0434. The van der Waals surface area contributed by atoms with E-state index in [4.69, 9.17) is 11.6 Å². The van der Waals surface area contributed by atoms with Crippen molar-refractivity contribution in [1.29, 1.82) is 0 Å². The number of hydrogen-bond donors (Lipinski definition) is 1. The Kier molecular flexibility index (Phi) is 6.80. The molecular formula is C15H22Cl2N2O. The molecule has 0 saturated carbocycles. The highest BCUT2D eigenvalue weighted by molar-refractivity contribution is 6.34. The third-order valence-corrected chi connectivity index (χ3v) is 4.06. The normalized spacial score (nSPS) is 16.6. The maximum absolute atomic E-state index is 12.4. The summed E-state index contributed by atoms with van der Waals surface area (Å²) in [6, 6.07) is 5.61. The summed E-state index contributed by atoms with van der Waals surface area (Å²) in [5.74, 6) is 0.0561. The van der Waals surface area contributed by atoms with E-state index in [2.05, 4.69) is 17.1 Å². The Balaban J connectivity index is 0.00000200. The number of carbonyl (C=O) groups excluding carboxylic acids is 1. The molecule has 1 atom stereocenters. The van der Waals surface area contributed by atoms with Crippen molar-refractivity contribution in [3.8, 4) is 0 Å². The molecule has 0 aliphatic carbocycles. The van der Waals surface area contributed by atoms with Gasteiger partial charge in [-0.3, -0.25) is 9.69 Å². The SMILES string of the molecule is CCC(C(=O)Nc1c(C)cccc1Cl)N1CCCC1.Cl. The number of nitrogens with one attached hydrogen (secondary N) is 1. The number of nitrogens with zero attached hydrogens (tertiary/aromatic N) is 1. The number of aryl methyl sites for hydroxylation is 1. The van der Waals surface area contributed by atoms with Gasteiger partial charge in [-0.1, -0.05) is 30.7 Å². The maximum atomic E-state index is 12.4. The number of benzene rings is 1. The quantitative estimate of drug-likeness (QED) is 0.914. The van der Waals surface area contributed by atoms with Crippen LogP contribution in [0.4, 0.5) is 5.69 Å². The lowest BCUT2D eigenvalue weighted by Gasteiger charge is -2.25. The van der Waals surface area contributed by atoms with Crippen molar-refractivity contribution < 1.29 is 4.79 Å². The smallest absolute Gasteiger partial charge is 0.241 e. The van der Waals surface area contributed by atoms with Crippen LogP contribution in [0.2, 0.25) is 5.02 Å². The molecule has 1 heterocycles. The average molecular weight is 317 g/mol. The standard InChI is InChI=1S/C15H21ClN2O.ClH/c1-3-13(18-9-4-5-10-18)15(19)17-14-11(2)7-6-8-12(14)16;/h6-8,13H,3-5,9-10H2,1-2H3,(H,17,19);1H. The molecule has 0 radical (unpaired) electrons. The van der Waals surface area contributed by atoms with Crippen LogP contribution in [0.1, 0.15) is 31.7 Å². The zero-order valence-electron chi connectivity index (χ0n) is 12.0. The summed E-state index contributed by atoms with van der Waals surface area (Å²) in [4.78, 5) is 14.7. The molecule has 1 fully saturated rings. The molecule has 112 valence electrons. The number of anilines is 1. The van der Waals surface area contributed by atoms with Crippen molar-refractivity contribution in [3.63, 3.8) is 0 Å². The lowest BCUT2D eigenvalue weighted by Crippen LogP contribution is -2.42. The van der Waals surface area contributed by atoms with Gasteiger partial charge in [-0.15, -0.1) is 12.4 Å². The molecule has 1 aromatic rings. The molecule has 2 rings (SSSR count). The van der Waals surface area contributed by atoms with Crippen LogP contribution in [0.3, 0.4) is 0 Å². The largest absolute Gasteiger partial charge is 0.323 e. The predicted octanol–water partition coefficient (Wildman–Crippen LogP) is 3.88. The first-order valence-electron chi connectivity index (χ1n) is 6.93. The van der Waals surface area contributed by atoms with Gasteiger partial charge in [0.2, 0.25) is 5.91 Å². The van der Waals surface area contributed by atoms with Crippen LogP contribution < -0.4 is 5.32 Å². The fourth-order valence-electron chi connectivity index (χ4n) is 2.66. The summed E-state index contributed by atoms with van der Waals surface area (Å²) in [6.07, 6.45) is 3.21. The highest BCUT2D eigenvalue weighted by Crippen LogP contribution is 2.26. The molecule has 1 aromatic carbocycles. The number of amides is 1. The van der Waals surface area contributed by atoms with E-state index in [-0.39, 0.29) is 24.4 Å². The van der Waals surface area contributed by atoms with Crippen LogP contribution in [0, 0.1) is 6.92 Å². The van der Waals surface area contributed by atoms with Crippen LogP contribution in [0.5, 0.6) is 0 Å². The Morgan fingerprint density at radius 2 is 2.05 bits per heavy atom. The average Bonchev–Trinajstić information content (AvgIpc) is 2.89. The van der Waals surface area contributed by atoms with Crippen molar-refractivity contribution in [3.05, 3.63) is 28.8 Å². The van der Waals surface area contributed by atoms with E-state index in [1.165, 1.54) is 12.8 Å². The molecule has 0 aromatic heterocycles. The predicted molar refractivity (Wildman–Crippen MR) is 87.0 cm³/mol. The molecule has 20 heavy (non-hydrogen) atoms. The van der Waals surface area contributed by atoms with Gasteiger partial charge in [0.05, 0.1) is 16.8 Å². The third kappa shape index (κ3) is 3.87. The molecule has 3 nitrogen and oxygen atoms in total. The zero-order valence-corrected chi connectivity index (χ0v) is 13.6. The summed E-state index contributed by atoms with van der Waals surface area (Å²) in [7, 11) is 0. The Morgan fingerprint density at radius 1 is 1.40 bits per heavy atom. The second kappa shape index (κ2) is 7.87. The fourth-order valence-corrected chi connectivity index (χ4v) is 2.93. The number of halogens is 2. The van der Waals surface area contributed by atoms with Crippen molar-refractivity contribution >= 4 is 35.6 Å².